The minimum atomic E-state index is -3.94. The molecule has 2 aliphatic rings. The van der Waals surface area contributed by atoms with Crippen LogP contribution in [-0.2, 0) is 16.6 Å². The number of benzene rings is 4. The predicted octanol–water partition coefficient (Wildman–Crippen LogP) is 8.13. The van der Waals surface area contributed by atoms with E-state index in [1.54, 1.807) is 30.5 Å². The maximum Gasteiger partial charge on any atom is 0.330 e. The molecule has 7 rings (SSSR count). The van der Waals surface area contributed by atoms with Crippen LogP contribution < -0.4 is 9.03 Å². The average Bonchev–Trinajstić information content (AvgIpc) is 3.60. The third-order valence-corrected chi connectivity index (χ3v) is 10.0. The van der Waals surface area contributed by atoms with Gasteiger partial charge in [-0.25, -0.2) is 22.8 Å². The highest BCUT2D eigenvalue weighted by Crippen LogP contribution is 2.34. The minimum absolute atomic E-state index is 0.167. The summed E-state index contributed by atoms with van der Waals surface area (Å²) in [5.74, 6) is -0.595. The number of hydrogen-bond donors (Lipinski definition) is 2. The van der Waals surface area contributed by atoms with Gasteiger partial charge in [0.25, 0.3) is 0 Å². The van der Waals surface area contributed by atoms with E-state index >= 15 is 0 Å². The van der Waals surface area contributed by atoms with Crippen molar-refractivity contribution in [2.24, 2.45) is 0 Å². The number of halogens is 2. The van der Waals surface area contributed by atoms with E-state index in [9.17, 15) is 22.3 Å². The first kappa shape index (κ1) is 29.7. The molecule has 0 amide bonds. The molecule has 1 aliphatic carbocycles. The first-order chi connectivity index (χ1) is 22.2. The van der Waals surface area contributed by atoms with Crippen molar-refractivity contribution in [3.63, 3.8) is 0 Å². The molecule has 2 N–H and O–H groups in total. The molecule has 5 aromatic rings. The topological polar surface area (TPSA) is 87.5 Å². The number of hydrogen-bond acceptors (Lipinski definition) is 4. The quantitative estimate of drug-likeness (QED) is 0.188. The number of rotatable bonds is 7. The Hall–Kier alpha value is -4.96. The highest BCUT2D eigenvalue weighted by atomic mass is 32.2. The Labute approximate surface area is 266 Å². The van der Waals surface area contributed by atoms with E-state index in [1.165, 1.54) is 49.8 Å². The lowest BCUT2D eigenvalue weighted by molar-refractivity contribution is 0.392. The molecule has 2 heterocycles. The van der Waals surface area contributed by atoms with Crippen molar-refractivity contribution in [3.8, 4) is 28.1 Å². The number of aliphatic hydroxyl groups is 1. The fraction of sp³-hybridized carbons (Fsp3) is 0.194. The number of nitrogens with zero attached hydrogens (tertiary/aromatic N) is 3. The maximum absolute atomic E-state index is 14.8. The van der Waals surface area contributed by atoms with E-state index < -0.39 is 27.7 Å². The average molecular weight is 639 g/mol. The van der Waals surface area contributed by atoms with Crippen molar-refractivity contribution in [2.45, 2.75) is 44.4 Å². The summed E-state index contributed by atoms with van der Waals surface area (Å²) in [5.41, 5.74) is 6.15. The van der Waals surface area contributed by atoms with Gasteiger partial charge in [0.15, 0.2) is 0 Å². The van der Waals surface area contributed by atoms with E-state index in [-0.39, 0.29) is 5.56 Å². The van der Waals surface area contributed by atoms with Crippen molar-refractivity contribution >= 4 is 15.9 Å². The Morgan fingerprint density at radius 2 is 1.48 bits per heavy atom. The molecule has 1 fully saturated rings. The van der Waals surface area contributed by atoms with Gasteiger partial charge in [-0.2, -0.15) is 8.42 Å². The van der Waals surface area contributed by atoms with Crippen LogP contribution in [0.1, 0.15) is 55.0 Å². The molecule has 0 bridgehead atoms. The second-order valence-corrected chi connectivity index (χ2v) is 13.3. The molecule has 10 heteroatoms. The molecule has 0 atom stereocenters. The normalized spacial score (nSPS) is 16.3. The lowest BCUT2D eigenvalue weighted by Crippen LogP contribution is -2.29. The van der Waals surface area contributed by atoms with Crippen molar-refractivity contribution in [1.82, 2.24) is 14.3 Å². The smallest absolute Gasteiger partial charge is 0.330 e. The van der Waals surface area contributed by atoms with Crippen LogP contribution in [0, 0.1) is 11.6 Å². The molecular formula is C36H32F2N4O3S. The monoisotopic (exact) mass is 638 g/mol. The van der Waals surface area contributed by atoms with Crippen LogP contribution in [-0.4, -0.2) is 23.1 Å². The van der Waals surface area contributed by atoms with Crippen LogP contribution in [0.5, 0.6) is 0 Å². The Balaban J connectivity index is 1.17. The Morgan fingerprint density at radius 3 is 2.11 bits per heavy atom. The standard InChI is InChI=1S/C36H32F2N4O3S/c37-29-14-19-32(33(38)21-29)34-22-41(30-15-17-31(18-16-30)42-23-36(43)40-46(42,44)45)35(39-34)20-24-6-8-26(9-7-24)28-12-10-27(11-13-28)25-4-2-1-3-5-25/h6-19,21-23,25,40,43H,1-5,20H2. The summed E-state index contributed by atoms with van der Waals surface area (Å²) in [6, 6.07) is 27.2. The van der Waals surface area contributed by atoms with E-state index in [0.717, 1.165) is 33.3 Å². The SMILES string of the molecule is O=S1(=O)NC(O)=CN1c1ccc(-n2cc(-c3ccc(F)cc3F)nc2Cc2ccc(-c3ccc(C4CCCCC4)cc3)cc2)cc1. The van der Waals surface area contributed by atoms with Crippen molar-refractivity contribution < 1.29 is 22.3 Å². The first-order valence-electron chi connectivity index (χ1n) is 15.3. The molecule has 0 radical (unpaired) electrons. The molecule has 1 aliphatic heterocycles. The lowest BCUT2D eigenvalue weighted by atomic mass is 9.83. The van der Waals surface area contributed by atoms with Gasteiger partial charge in [0, 0.05) is 29.9 Å². The summed E-state index contributed by atoms with van der Waals surface area (Å²) in [6.07, 6.45) is 9.67. The molecule has 46 heavy (non-hydrogen) atoms. The molecule has 0 unspecified atom stereocenters. The molecule has 1 aromatic heterocycles. The highest BCUT2D eigenvalue weighted by Gasteiger charge is 2.28. The second-order valence-electron chi connectivity index (χ2n) is 11.8. The zero-order valence-corrected chi connectivity index (χ0v) is 25.7. The van der Waals surface area contributed by atoms with Crippen LogP contribution in [0.15, 0.2) is 109 Å². The summed E-state index contributed by atoms with van der Waals surface area (Å²) >= 11 is 0. The minimum Gasteiger partial charge on any atom is -0.493 e. The molecule has 234 valence electrons. The van der Waals surface area contributed by atoms with Crippen molar-refractivity contribution in [1.29, 1.82) is 0 Å². The number of imidazole rings is 1. The van der Waals surface area contributed by atoms with Gasteiger partial charge < -0.3 is 9.67 Å². The summed E-state index contributed by atoms with van der Waals surface area (Å²) < 4.78 is 57.9. The molecule has 0 saturated heterocycles. The molecule has 4 aromatic carbocycles. The third-order valence-electron chi connectivity index (χ3n) is 8.74. The van der Waals surface area contributed by atoms with Crippen LogP contribution in [0.2, 0.25) is 0 Å². The molecular weight excluding hydrogens is 606 g/mol. The molecule has 1 saturated carbocycles. The number of aliphatic hydroxyl groups excluding tert-OH is 1. The fourth-order valence-corrected chi connectivity index (χ4v) is 7.39. The Bertz CT molecular complexity index is 2020. The Morgan fingerprint density at radius 1 is 0.826 bits per heavy atom. The van der Waals surface area contributed by atoms with Gasteiger partial charge in [0.2, 0.25) is 5.88 Å². The summed E-state index contributed by atoms with van der Waals surface area (Å²) in [4.78, 5) is 4.75. The summed E-state index contributed by atoms with van der Waals surface area (Å²) in [6.45, 7) is 0. The summed E-state index contributed by atoms with van der Waals surface area (Å²) in [5, 5.41) is 9.66. The zero-order chi connectivity index (χ0) is 31.8. The number of nitrogens with one attached hydrogen (secondary N) is 1. The Kier molecular flexibility index (Phi) is 7.82. The van der Waals surface area contributed by atoms with Gasteiger partial charge in [-0.1, -0.05) is 67.8 Å². The van der Waals surface area contributed by atoms with Gasteiger partial charge in [0.05, 0.1) is 17.6 Å². The lowest BCUT2D eigenvalue weighted by Gasteiger charge is -2.22. The van der Waals surface area contributed by atoms with Gasteiger partial charge >= 0.3 is 10.2 Å². The van der Waals surface area contributed by atoms with Crippen molar-refractivity contribution in [2.75, 3.05) is 4.31 Å². The highest BCUT2D eigenvalue weighted by molar-refractivity contribution is 7.91. The number of anilines is 1. The first-order valence-corrected chi connectivity index (χ1v) is 16.7. The van der Waals surface area contributed by atoms with E-state index in [4.69, 9.17) is 4.98 Å². The van der Waals surface area contributed by atoms with Gasteiger partial charge in [-0.3, -0.25) is 0 Å². The maximum atomic E-state index is 14.8. The number of aromatic nitrogens is 2. The van der Waals surface area contributed by atoms with Crippen molar-refractivity contribution in [3.05, 3.63) is 138 Å². The predicted molar refractivity (Wildman–Crippen MR) is 175 cm³/mol. The largest absolute Gasteiger partial charge is 0.493 e. The molecule has 0 spiro atoms. The van der Waals surface area contributed by atoms with Crippen LogP contribution in [0.25, 0.3) is 28.1 Å². The van der Waals surface area contributed by atoms with Crippen LogP contribution in [0.4, 0.5) is 14.5 Å². The fourth-order valence-electron chi connectivity index (χ4n) is 6.34. The molecule has 7 nitrogen and oxygen atoms in total. The van der Waals surface area contributed by atoms with Gasteiger partial charge in [-0.05, 0) is 77.4 Å². The zero-order valence-electron chi connectivity index (χ0n) is 24.9. The van der Waals surface area contributed by atoms with E-state index in [0.29, 0.717) is 35.2 Å². The van der Waals surface area contributed by atoms with Gasteiger partial charge in [-0.15, -0.1) is 0 Å². The second kappa shape index (κ2) is 12.1. The third kappa shape index (κ3) is 6.00. The van der Waals surface area contributed by atoms with E-state index in [2.05, 4.69) is 48.5 Å². The van der Waals surface area contributed by atoms with Crippen LogP contribution >= 0.6 is 0 Å². The summed E-state index contributed by atoms with van der Waals surface area (Å²) in [7, 11) is -3.94. The van der Waals surface area contributed by atoms with Crippen LogP contribution in [0.3, 0.4) is 0 Å². The van der Waals surface area contributed by atoms with E-state index in [1.807, 2.05) is 9.29 Å². The van der Waals surface area contributed by atoms with Gasteiger partial charge in [0.1, 0.15) is 17.5 Å².